The summed E-state index contributed by atoms with van der Waals surface area (Å²) in [4.78, 5) is 14.4. The molecule has 1 aromatic heterocycles. The maximum absolute atomic E-state index is 14.1. The minimum Gasteiger partial charge on any atom is -0.493 e. The van der Waals surface area contributed by atoms with E-state index in [1.54, 1.807) is 53.4 Å². The zero-order chi connectivity index (χ0) is 26.3. The third-order valence-corrected chi connectivity index (χ3v) is 6.94. The maximum atomic E-state index is 14.1. The third-order valence-electron chi connectivity index (χ3n) is 6.94. The normalized spacial score (nSPS) is 20.8. The summed E-state index contributed by atoms with van der Waals surface area (Å²) in [5.74, 6) is 1.08. The maximum Gasteiger partial charge on any atom is 0.410 e. The average Bonchev–Trinajstić information content (AvgIpc) is 3.53. The molecular weight excluding hydrogens is 523 g/mol. The number of halogens is 4. The molecule has 2 aliphatic heterocycles. The van der Waals surface area contributed by atoms with Gasteiger partial charge in [-0.25, -0.2) is 4.68 Å². The first-order valence-electron chi connectivity index (χ1n) is 12.0. The molecule has 2 aliphatic rings. The number of methoxy groups -OCH3 is 2. The van der Waals surface area contributed by atoms with Crippen molar-refractivity contribution >= 4 is 24.1 Å². The molecule has 1 unspecified atom stereocenters. The van der Waals surface area contributed by atoms with Gasteiger partial charge in [0.25, 0.3) is 5.91 Å². The molecule has 12 heteroatoms. The van der Waals surface area contributed by atoms with Crippen molar-refractivity contribution in [3.8, 4) is 22.8 Å². The molecule has 1 fully saturated rings. The molecule has 3 atom stereocenters. The molecule has 0 saturated carbocycles. The first-order chi connectivity index (χ1) is 17.7. The number of anilines is 1. The molecule has 8 nitrogen and oxygen atoms in total. The molecular formula is C26H29ClF3N5O3. The minimum absolute atomic E-state index is 0. The van der Waals surface area contributed by atoms with Crippen LogP contribution in [0.3, 0.4) is 0 Å². The van der Waals surface area contributed by atoms with Crippen molar-refractivity contribution in [2.75, 3.05) is 32.6 Å². The lowest BCUT2D eigenvalue weighted by Crippen LogP contribution is -2.35. The van der Waals surface area contributed by atoms with E-state index in [9.17, 15) is 18.0 Å². The van der Waals surface area contributed by atoms with E-state index in [1.165, 1.54) is 14.2 Å². The Bertz CT molecular complexity index is 1300. The van der Waals surface area contributed by atoms with Crippen molar-refractivity contribution in [3.05, 3.63) is 59.7 Å². The van der Waals surface area contributed by atoms with Crippen LogP contribution in [0.2, 0.25) is 0 Å². The van der Waals surface area contributed by atoms with E-state index in [2.05, 4.69) is 10.4 Å². The molecule has 2 aromatic carbocycles. The van der Waals surface area contributed by atoms with Crippen LogP contribution in [0.5, 0.6) is 11.5 Å². The van der Waals surface area contributed by atoms with Crippen LogP contribution in [-0.4, -0.2) is 60.1 Å². The van der Waals surface area contributed by atoms with E-state index >= 15 is 0 Å². The number of alkyl halides is 3. The monoisotopic (exact) mass is 551 g/mol. The lowest BCUT2D eigenvalue weighted by molar-refractivity contribution is -0.173. The summed E-state index contributed by atoms with van der Waals surface area (Å²) < 4.78 is 53.9. The number of ether oxygens (including phenoxy) is 2. The van der Waals surface area contributed by atoms with Gasteiger partial charge >= 0.3 is 6.18 Å². The number of nitrogens with zero attached hydrogens (tertiary/aromatic N) is 3. The van der Waals surface area contributed by atoms with Crippen LogP contribution >= 0.6 is 12.4 Å². The summed E-state index contributed by atoms with van der Waals surface area (Å²) >= 11 is 0. The van der Waals surface area contributed by atoms with Crippen LogP contribution < -0.4 is 20.5 Å². The number of hydrogen-bond donors (Lipinski definition) is 2. The van der Waals surface area contributed by atoms with Crippen molar-refractivity contribution in [2.45, 2.75) is 37.1 Å². The van der Waals surface area contributed by atoms with E-state index in [-0.39, 0.29) is 36.6 Å². The standard InChI is InChI=1S/C26H28F3N5O3.ClH/c1-36-21-8-7-17(11-22(21)37-2)19-12-23(26(27,28)29)34-24(31-19)13-20(32-34)15-3-5-16(6-4-15)25(35)33-10-9-18(30)14-33;/h3-8,11,13,18-19,23,31H,9-10,12,14,30H2,1-2H3;1H/t18?,19-,23+;/m0./s1. The number of hydrogen-bond acceptors (Lipinski definition) is 6. The summed E-state index contributed by atoms with van der Waals surface area (Å²) in [5, 5.41) is 7.49. The van der Waals surface area contributed by atoms with Crippen LogP contribution in [-0.2, 0) is 0 Å². The van der Waals surface area contributed by atoms with E-state index in [1.807, 2.05) is 0 Å². The zero-order valence-corrected chi connectivity index (χ0v) is 21.7. The molecule has 0 bridgehead atoms. The zero-order valence-electron chi connectivity index (χ0n) is 20.9. The van der Waals surface area contributed by atoms with E-state index < -0.39 is 18.3 Å². The number of rotatable bonds is 5. The molecule has 0 radical (unpaired) electrons. The second kappa shape index (κ2) is 10.7. The predicted octanol–water partition coefficient (Wildman–Crippen LogP) is 4.82. The van der Waals surface area contributed by atoms with Gasteiger partial charge in [-0.05, 0) is 36.2 Å². The molecule has 1 saturated heterocycles. The van der Waals surface area contributed by atoms with Gasteiger partial charge in [-0.3, -0.25) is 4.79 Å². The quantitative estimate of drug-likeness (QED) is 0.472. The fourth-order valence-electron chi connectivity index (χ4n) is 4.94. The Morgan fingerprint density at radius 1 is 1.08 bits per heavy atom. The molecule has 38 heavy (non-hydrogen) atoms. The van der Waals surface area contributed by atoms with E-state index in [4.69, 9.17) is 15.2 Å². The largest absolute Gasteiger partial charge is 0.493 e. The number of carbonyl (C=O) groups is 1. The van der Waals surface area contributed by atoms with Gasteiger partial charge in [0, 0.05) is 42.7 Å². The van der Waals surface area contributed by atoms with Gasteiger partial charge in [0.1, 0.15) is 5.82 Å². The smallest absolute Gasteiger partial charge is 0.410 e. The second-order valence-electron chi connectivity index (χ2n) is 9.34. The summed E-state index contributed by atoms with van der Waals surface area (Å²) in [5.41, 5.74) is 8.04. The van der Waals surface area contributed by atoms with Gasteiger partial charge in [-0.15, -0.1) is 12.4 Å². The Morgan fingerprint density at radius 2 is 1.79 bits per heavy atom. The molecule has 3 aromatic rings. The lowest BCUT2D eigenvalue weighted by atomic mass is 9.96. The molecule has 0 aliphatic carbocycles. The first-order valence-corrected chi connectivity index (χ1v) is 12.0. The van der Waals surface area contributed by atoms with Crippen LogP contribution in [0.15, 0.2) is 48.5 Å². The van der Waals surface area contributed by atoms with Crippen molar-refractivity contribution in [2.24, 2.45) is 5.73 Å². The molecule has 3 N–H and O–H groups in total. The summed E-state index contributed by atoms with van der Waals surface area (Å²) in [6, 6.07) is 11.0. The molecule has 1 amide bonds. The molecule has 5 rings (SSSR count). The fourth-order valence-corrected chi connectivity index (χ4v) is 4.94. The van der Waals surface area contributed by atoms with Crippen molar-refractivity contribution in [1.82, 2.24) is 14.7 Å². The van der Waals surface area contributed by atoms with Gasteiger partial charge in [-0.1, -0.05) is 18.2 Å². The first kappa shape index (κ1) is 27.6. The van der Waals surface area contributed by atoms with Gasteiger partial charge in [0.15, 0.2) is 17.5 Å². The van der Waals surface area contributed by atoms with Crippen molar-refractivity contribution < 1.29 is 27.4 Å². The highest BCUT2D eigenvalue weighted by Gasteiger charge is 2.46. The van der Waals surface area contributed by atoms with E-state index in [0.29, 0.717) is 47.0 Å². The lowest BCUT2D eigenvalue weighted by Gasteiger charge is -2.33. The third kappa shape index (κ3) is 5.25. The number of aromatic nitrogens is 2. The fraction of sp³-hybridized carbons (Fsp3) is 0.385. The second-order valence-corrected chi connectivity index (χ2v) is 9.34. The van der Waals surface area contributed by atoms with Crippen molar-refractivity contribution in [3.63, 3.8) is 0 Å². The van der Waals surface area contributed by atoms with Crippen LogP contribution in [0.4, 0.5) is 19.0 Å². The number of nitrogens with two attached hydrogens (primary N) is 1. The number of nitrogens with one attached hydrogen (secondary N) is 1. The molecule has 0 spiro atoms. The highest BCUT2D eigenvalue weighted by molar-refractivity contribution is 5.95. The predicted molar refractivity (Wildman–Crippen MR) is 139 cm³/mol. The minimum atomic E-state index is -4.50. The van der Waals surface area contributed by atoms with Crippen LogP contribution in [0.1, 0.15) is 40.8 Å². The molecule has 3 heterocycles. The SMILES string of the molecule is COc1ccc([C@@H]2C[C@H](C(F)(F)F)n3nc(-c4ccc(C(=O)N5CCC(N)C5)cc4)cc3N2)cc1OC.Cl. The number of benzene rings is 2. The number of likely N-dealkylation sites (tertiary alicyclic amines) is 1. The molecule has 204 valence electrons. The highest BCUT2D eigenvalue weighted by Crippen LogP contribution is 2.45. The number of amides is 1. The van der Waals surface area contributed by atoms with Crippen LogP contribution in [0, 0.1) is 0 Å². The highest BCUT2D eigenvalue weighted by atomic mass is 35.5. The number of carbonyl (C=O) groups excluding carboxylic acids is 1. The van der Waals surface area contributed by atoms with Crippen LogP contribution in [0.25, 0.3) is 11.3 Å². The Balaban J connectivity index is 0.00000336. The van der Waals surface area contributed by atoms with Crippen molar-refractivity contribution in [1.29, 1.82) is 0 Å². The summed E-state index contributed by atoms with van der Waals surface area (Å²) in [7, 11) is 2.98. The topological polar surface area (TPSA) is 94.6 Å². The Kier molecular flexibility index (Phi) is 7.80. The summed E-state index contributed by atoms with van der Waals surface area (Å²) in [6.07, 6.45) is -3.97. The van der Waals surface area contributed by atoms with Gasteiger partial charge in [-0.2, -0.15) is 18.3 Å². The summed E-state index contributed by atoms with van der Waals surface area (Å²) in [6.45, 7) is 1.13. The van der Waals surface area contributed by atoms with E-state index in [0.717, 1.165) is 11.1 Å². The Labute approximate surface area is 224 Å². The van der Waals surface area contributed by atoms with Gasteiger partial charge in [0.2, 0.25) is 0 Å². The Hall–Kier alpha value is -3.44. The number of fused-ring (bicyclic) bond motifs is 1. The van der Waals surface area contributed by atoms with Gasteiger partial charge in [0.05, 0.1) is 26.0 Å². The average molecular weight is 552 g/mol. The Morgan fingerprint density at radius 3 is 2.39 bits per heavy atom. The van der Waals surface area contributed by atoms with Gasteiger partial charge < -0.3 is 25.4 Å².